The number of Topliss-reactive ketones (excluding diaryl/α,β-unsaturated/α-hetero) is 3. The second-order valence-electron chi connectivity index (χ2n) is 23.8. The summed E-state index contributed by atoms with van der Waals surface area (Å²) in [5.74, 6) is 1.42. The summed E-state index contributed by atoms with van der Waals surface area (Å²) in [6, 6.07) is 0. The summed E-state index contributed by atoms with van der Waals surface area (Å²) in [6.07, 6.45) is 66.9. The SMILES string of the molecule is C.CCCCCCCCCCCCCCCC(=O)CCN1CCCCCCC1.CCCCCCCCCCCCCCCC(=O)CCN1CCCCN(CCC(=O)CCCCCCCCCCCCCCC)CC1. The molecule has 0 radical (unpaired) electrons. The molecule has 2 rings (SSSR count). The molecule has 0 atom stereocenters. The van der Waals surface area contributed by atoms with Crippen molar-refractivity contribution >= 4 is 17.3 Å². The highest BCUT2D eigenvalue weighted by Gasteiger charge is 2.16. The van der Waals surface area contributed by atoms with Gasteiger partial charge in [-0.3, -0.25) is 14.4 Å². The number of hydrogen-bond acceptors (Lipinski definition) is 6. The minimum atomic E-state index is 0. The maximum Gasteiger partial charge on any atom is 0.134 e. The normalized spacial score (nSPS) is 15.1. The van der Waals surface area contributed by atoms with Crippen LogP contribution in [0.4, 0.5) is 0 Å². The fourth-order valence-electron chi connectivity index (χ4n) is 11.4. The fourth-order valence-corrected chi connectivity index (χ4v) is 11.4. The van der Waals surface area contributed by atoms with Gasteiger partial charge in [0.15, 0.2) is 0 Å². The van der Waals surface area contributed by atoms with Crippen LogP contribution in [-0.2, 0) is 14.4 Å². The van der Waals surface area contributed by atoms with Gasteiger partial charge in [0.1, 0.15) is 17.3 Å². The Hall–Kier alpha value is -1.11. The molecule has 0 unspecified atom stereocenters. The predicted octanol–water partition coefficient (Wildman–Crippen LogP) is 20.6. The second kappa shape index (κ2) is 59.5. The Morgan fingerprint density at radius 1 is 0.230 bits per heavy atom. The number of ketones is 3. The van der Waals surface area contributed by atoms with E-state index >= 15 is 0 Å². The first-order valence-corrected chi connectivity index (χ1v) is 33.7. The van der Waals surface area contributed by atoms with Crippen LogP contribution in [0.2, 0.25) is 0 Å². The van der Waals surface area contributed by atoms with E-state index in [0.29, 0.717) is 17.3 Å². The molecule has 0 aromatic heterocycles. The molecule has 440 valence electrons. The summed E-state index contributed by atoms with van der Waals surface area (Å²) in [5, 5.41) is 0. The average Bonchev–Trinajstić information content (AvgIpc) is 3.37. The van der Waals surface area contributed by atoms with Crippen molar-refractivity contribution < 1.29 is 14.4 Å². The summed E-state index contributed by atoms with van der Waals surface area (Å²) >= 11 is 0. The highest BCUT2D eigenvalue weighted by atomic mass is 16.1. The molecule has 0 saturated carbocycles. The number of carbonyl (C=O) groups is 3. The number of rotatable bonds is 51. The molecule has 0 aromatic carbocycles. The van der Waals surface area contributed by atoms with Crippen LogP contribution in [0.25, 0.3) is 0 Å². The van der Waals surface area contributed by atoms with E-state index in [4.69, 9.17) is 0 Å². The summed E-state index contributed by atoms with van der Waals surface area (Å²) in [4.78, 5) is 44.7. The summed E-state index contributed by atoms with van der Waals surface area (Å²) in [6.45, 7) is 16.5. The van der Waals surface area contributed by atoms with E-state index in [1.54, 1.807) is 0 Å². The lowest BCUT2D eigenvalue weighted by Crippen LogP contribution is -2.40. The first-order chi connectivity index (χ1) is 36.0. The van der Waals surface area contributed by atoms with Crippen LogP contribution in [0.3, 0.4) is 0 Å². The maximum atomic E-state index is 12.5. The lowest BCUT2D eigenvalue weighted by Gasteiger charge is -2.30. The van der Waals surface area contributed by atoms with Gasteiger partial charge in [-0.1, -0.05) is 279 Å². The lowest BCUT2D eigenvalue weighted by molar-refractivity contribution is -0.120. The van der Waals surface area contributed by atoms with Crippen molar-refractivity contribution in [2.75, 3.05) is 58.9 Å². The summed E-state index contributed by atoms with van der Waals surface area (Å²) in [7, 11) is 0. The van der Waals surface area contributed by atoms with Crippen molar-refractivity contribution in [2.24, 2.45) is 0 Å². The molecule has 74 heavy (non-hydrogen) atoms. The number of nitrogens with zero attached hydrogens (tertiary/aromatic N) is 3. The molecule has 2 heterocycles. The van der Waals surface area contributed by atoms with Crippen LogP contribution in [0.5, 0.6) is 0 Å². The molecule has 0 bridgehead atoms. The molecular formula is C68H135N3O3. The molecule has 0 aliphatic carbocycles. The van der Waals surface area contributed by atoms with Gasteiger partial charge in [0.2, 0.25) is 0 Å². The van der Waals surface area contributed by atoms with Crippen molar-refractivity contribution in [2.45, 2.75) is 362 Å². The van der Waals surface area contributed by atoms with Crippen molar-refractivity contribution in [3.05, 3.63) is 0 Å². The molecule has 0 aromatic rings. The lowest BCUT2D eigenvalue weighted by atomic mass is 10.0. The fraction of sp³-hybridized carbons (Fsp3) is 0.956. The third-order valence-corrected chi connectivity index (χ3v) is 16.7. The Labute approximate surface area is 465 Å². The standard InChI is InChI=1S/C42H82N2O2.C25H49NO.CH4/c1-3-5-7-9-11-13-15-17-19-21-23-25-27-31-41(45)33-37-43-35-29-30-36-44(40-39-43)38-34-42(46)32-28-26-24-22-20-18-16-14-12-10-8-6-4-2;1-2-3-4-5-6-7-8-9-10-11-12-14-17-20-25(27)21-24-26-22-18-15-13-16-19-23-26;/h3-40H2,1-2H3;2-24H2,1H3;1H4. The summed E-state index contributed by atoms with van der Waals surface area (Å²) < 4.78 is 0. The van der Waals surface area contributed by atoms with E-state index in [0.717, 1.165) is 104 Å². The Morgan fingerprint density at radius 2 is 0.405 bits per heavy atom. The molecule has 0 N–H and O–H groups in total. The van der Waals surface area contributed by atoms with E-state index < -0.39 is 0 Å². The molecule has 6 heteroatoms. The van der Waals surface area contributed by atoms with Gasteiger partial charge in [0.25, 0.3) is 0 Å². The largest absolute Gasteiger partial charge is 0.303 e. The van der Waals surface area contributed by atoms with E-state index in [1.165, 1.54) is 289 Å². The second-order valence-corrected chi connectivity index (χ2v) is 23.8. The van der Waals surface area contributed by atoms with Crippen LogP contribution < -0.4 is 0 Å². The minimum Gasteiger partial charge on any atom is -0.303 e. The zero-order valence-corrected chi connectivity index (χ0v) is 50.2. The highest BCUT2D eigenvalue weighted by Crippen LogP contribution is 2.18. The molecular weight excluding hydrogens is 907 g/mol. The van der Waals surface area contributed by atoms with E-state index in [9.17, 15) is 14.4 Å². The maximum absolute atomic E-state index is 12.5. The van der Waals surface area contributed by atoms with Crippen LogP contribution in [0, 0.1) is 0 Å². The topological polar surface area (TPSA) is 60.9 Å². The molecule has 6 nitrogen and oxygen atoms in total. The smallest absolute Gasteiger partial charge is 0.134 e. The molecule has 2 aliphatic rings. The van der Waals surface area contributed by atoms with Crippen molar-refractivity contribution in [1.82, 2.24) is 14.7 Å². The van der Waals surface area contributed by atoms with Crippen molar-refractivity contribution in [1.29, 1.82) is 0 Å². The van der Waals surface area contributed by atoms with E-state index in [1.807, 2.05) is 0 Å². The number of unbranched alkanes of at least 4 members (excludes halogenated alkanes) is 36. The van der Waals surface area contributed by atoms with Gasteiger partial charge in [-0.15, -0.1) is 0 Å². The van der Waals surface area contributed by atoms with Gasteiger partial charge in [-0.25, -0.2) is 0 Å². The van der Waals surface area contributed by atoms with Gasteiger partial charge in [0, 0.05) is 71.2 Å². The van der Waals surface area contributed by atoms with Crippen LogP contribution >= 0.6 is 0 Å². The van der Waals surface area contributed by atoms with Crippen molar-refractivity contribution in [3.63, 3.8) is 0 Å². The summed E-state index contributed by atoms with van der Waals surface area (Å²) in [5.41, 5.74) is 0. The number of hydrogen-bond donors (Lipinski definition) is 0. The first-order valence-electron chi connectivity index (χ1n) is 33.7. The molecule has 2 fully saturated rings. The van der Waals surface area contributed by atoms with Gasteiger partial charge in [-0.05, 0) is 71.1 Å². The Morgan fingerprint density at radius 3 is 0.635 bits per heavy atom. The van der Waals surface area contributed by atoms with Crippen LogP contribution in [-0.4, -0.2) is 91.0 Å². The van der Waals surface area contributed by atoms with Gasteiger partial charge < -0.3 is 14.7 Å². The third kappa shape index (κ3) is 52.9. The monoisotopic (exact) mass is 1040 g/mol. The Bertz CT molecular complexity index is 1100. The molecule has 2 aliphatic heterocycles. The first kappa shape index (κ1) is 72.9. The van der Waals surface area contributed by atoms with Crippen LogP contribution in [0.15, 0.2) is 0 Å². The van der Waals surface area contributed by atoms with Gasteiger partial charge in [-0.2, -0.15) is 0 Å². The number of likely N-dealkylation sites (tertiary alicyclic amines) is 1. The zero-order chi connectivity index (χ0) is 52.6. The van der Waals surface area contributed by atoms with E-state index in [-0.39, 0.29) is 7.43 Å². The van der Waals surface area contributed by atoms with Crippen molar-refractivity contribution in [3.8, 4) is 0 Å². The van der Waals surface area contributed by atoms with Gasteiger partial charge >= 0.3 is 0 Å². The molecule has 0 spiro atoms. The Balaban J connectivity index is 0.00000162. The van der Waals surface area contributed by atoms with Crippen LogP contribution in [0.1, 0.15) is 362 Å². The van der Waals surface area contributed by atoms with E-state index in [2.05, 4.69) is 35.5 Å². The third-order valence-electron chi connectivity index (χ3n) is 16.7. The predicted molar refractivity (Wildman–Crippen MR) is 328 cm³/mol. The quantitative estimate of drug-likeness (QED) is 0.0566. The average molecular weight is 1040 g/mol. The minimum absolute atomic E-state index is 0. The number of carbonyl (C=O) groups excluding carboxylic acids is 3. The molecule has 2 saturated heterocycles. The zero-order valence-electron chi connectivity index (χ0n) is 50.2. The molecule has 0 amide bonds. The highest BCUT2D eigenvalue weighted by molar-refractivity contribution is 5.79. The Kier molecular flexibility index (Phi) is 58.7. The van der Waals surface area contributed by atoms with Gasteiger partial charge in [0.05, 0.1) is 0 Å².